The third-order valence-corrected chi connectivity index (χ3v) is 5.32. The van der Waals surface area contributed by atoms with Crippen LogP contribution in [0.3, 0.4) is 0 Å². The third-order valence-electron chi connectivity index (χ3n) is 4.22. The molecule has 6 heteroatoms. The fourth-order valence-corrected chi connectivity index (χ4v) is 3.91. The van der Waals surface area contributed by atoms with Crippen LogP contribution in [0.25, 0.3) is 21.3 Å². The number of nitrogens with one attached hydrogen (secondary N) is 1. The van der Waals surface area contributed by atoms with Gasteiger partial charge in [0.2, 0.25) is 0 Å². The number of hydrogen-bond donors (Lipinski definition) is 1. The number of thiophene rings is 1. The highest BCUT2D eigenvalue weighted by atomic mass is 35.5. The Kier molecular flexibility index (Phi) is 4.57. The second-order valence-corrected chi connectivity index (χ2v) is 7.54. The lowest BCUT2D eigenvalue weighted by molar-refractivity contribution is 0.867. The highest BCUT2D eigenvalue weighted by molar-refractivity contribution is 7.17. The molecule has 4 nitrogen and oxygen atoms in total. The number of halogens is 1. The van der Waals surface area contributed by atoms with Gasteiger partial charge in [0, 0.05) is 10.9 Å². The van der Waals surface area contributed by atoms with Gasteiger partial charge in [0.15, 0.2) is 0 Å². The number of anilines is 2. The van der Waals surface area contributed by atoms with Crippen molar-refractivity contribution in [2.45, 2.75) is 19.8 Å². The zero-order valence-electron chi connectivity index (χ0n) is 14.4. The van der Waals surface area contributed by atoms with Crippen molar-refractivity contribution in [3.05, 3.63) is 64.9 Å². The van der Waals surface area contributed by atoms with E-state index in [1.54, 1.807) is 23.7 Å². The number of benzene rings is 1. The minimum atomic E-state index is 0.440. The molecule has 4 aromatic rings. The lowest BCUT2D eigenvalue weighted by atomic mass is 9.99. The first-order valence-electron chi connectivity index (χ1n) is 8.34. The van der Waals surface area contributed by atoms with Crippen molar-refractivity contribution in [2.75, 3.05) is 5.32 Å². The van der Waals surface area contributed by atoms with Crippen LogP contribution in [0, 0.1) is 0 Å². The summed E-state index contributed by atoms with van der Waals surface area (Å²) in [6.07, 6.45) is 1.57. The summed E-state index contributed by atoms with van der Waals surface area (Å²) in [6, 6.07) is 14.1. The predicted molar refractivity (Wildman–Crippen MR) is 109 cm³/mol. The summed E-state index contributed by atoms with van der Waals surface area (Å²) in [5, 5.41) is 6.84. The van der Waals surface area contributed by atoms with E-state index in [-0.39, 0.29) is 0 Å². The first-order chi connectivity index (χ1) is 12.6. The Labute approximate surface area is 160 Å². The highest BCUT2D eigenvalue weighted by Gasteiger charge is 2.14. The standard InChI is InChI=1S/C20H17ClN4S/c1-12(2)13-6-8-14(9-7-13)15-10-26-20-18(15)19(22-11-23-20)25-17-5-3-4-16(21)24-17/h3-12H,1-2H3,(H,22,23,24,25). The summed E-state index contributed by atoms with van der Waals surface area (Å²) in [6.45, 7) is 4.39. The van der Waals surface area contributed by atoms with E-state index in [1.807, 2.05) is 12.1 Å². The summed E-state index contributed by atoms with van der Waals surface area (Å²) in [5.74, 6) is 1.90. The molecule has 1 aromatic carbocycles. The monoisotopic (exact) mass is 380 g/mol. The Bertz CT molecular complexity index is 1060. The van der Waals surface area contributed by atoms with Gasteiger partial charge in [-0.15, -0.1) is 11.3 Å². The van der Waals surface area contributed by atoms with Crippen LogP contribution < -0.4 is 5.32 Å². The molecule has 26 heavy (non-hydrogen) atoms. The maximum Gasteiger partial charge on any atom is 0.144 e. The molecule has 0 unspecified atom stereocenters. The molecule has 0 saturated heterocycles. The van der Waals surface area contributed by atoms with Crippen LogP contribution in [0.1, 0.15) is 25.3 Å². The second kappa shape index (κ2) is 7.02. The Morgan fingerprint density at radius 3 is 2.58 bits per heavy atom. The lowest BCUT2D eigenvalue weighted by Gasteiger charge is -2.09. The van der Waals surface area contributed by atoms with E-state index < -0.39 is 0 Å². The van der Waals surface area contributed by atoms with E-state index in [2.05, 4.69) is 63.8 Å². The van der Waals surface area contributed by atoms with Crippen LogP contribution >= 0.6 is 22.9 Å². The summed E-state index contributed by atoms with van der Waals surface area (Å²) in [4.78, 5) is 14.1. The fourth-order valence-electron chi connectivity index (χ4n) is 2.83. The van der Waals surface area contributed by atoms with Gasteiger partial charge in [0.05, 0.1) is 5.39 Å². The van der Waals surface area contributed by atoms with Crippen molar-refractivity contribution < 1.29 is 0 Å². The number of rotatable bonds is 4. The van der Waals surface area contributed by atoms with Gasteiger partial charge in [0.25, 0.3) is 0 Å². The van der Waals surface area contributed by atoms with E-state index in [9.17, 15) is 0 Å². The summed E-state index contributed by atoms with van der Waals surface area (Å²) in [7, 11) is 0. The Morgan fingerprint density at radius 1 is 1.04 bits per heavy atom. The molecule has 0 fully saturated rings. The first kappa shape index (κ1) is 16.9. The van der Waals surface area contributed by atoms with E-state index in [0.717, 1.165) is 27.2 Å². The van der Waals surface area contributed by atoms with Crippen LogP contribution in [0.15, 0.2) is 54.2 Å². The van der Waals surface area contributed by atoms with Gasteiger partial charge in [-0.3, -0.25) is 0 Å². The van der Waals surface area contributed by atoms with E-state index >= 15 is 0 Å². The quantitative estimate of drug-likeness (QED) is 0.423. The Balaban J connectivity index is 1.79. The zero-order valence-corrected chi connectivity index (χ0v) is 16.0. The molecule has 1 N–H and O–H groups in total. The Hall–Kier alpha value is -2.50. The Morgan fingerprint density at radius 2 is 1.85 bits per heavy atom. The summed E-state index contributed by atoms with van der Waals surface area (Å²) in [5.41, 5.74) is 3.59. The molecule has 0 amide bonds. The topological polar surface area (TPSA) is 50.7 Å². The number of fused-ring (bicyclic) bond motifs is 1. The van der Waals surface area contributed by atoms with Crippen LogP contribution in [0.5, 0.6) is 0 Å². The molecular formula is C20H17ClN4S. The van der Waals surface area contributed by atoms with Crippen LogP contribution in [0.4, 0.5) is 11.6 Å². The highest BCUT2D eigenvalue weighted by Crippen LogP contribution is 2.37. The molecule has 3 heterocycles. The molecule has 3 aromatic heterocycles. The molecule has 0 aliphatic heterocycles. The molecule has 4 rings (SSSR count). The number of pyridine rings is 1. The third kappa shape index (κ3) is 3.28. The van der Waals surface area contributed by atoms with Gasteiger partial charge in [-0.1, -0.05) is 55.8 Å². The molecule has 0 aliphatic rings. The molecule has 0 bridgehead atoms. The van der Waals surface area contributed by atoms with Gasteiger partial charge in [0.1, 0.15) is 27.9 Å². The maximum absolute atomic E-state index is 5.99. The largest absolute Gasteiger partial charge is 0.324 e. The van der Waals surface area contributed by atoms with Crippen LogP contribution in [0.2, 0.25) is 5.15 Å². The number of hydrogen-bond acceptors (Lipinski definition) is 5. The van der Waals surface area contributed by atoms with Gasteiger partial charge in [-0.05, 0) is 29.2 Å². The second-order valence-electron chi connectivity index (χ2n) is 6.30. The van der Waals surface area contributed by atoms with Gasteiger partial charge >= 0.3 is 0 Å². The van der Waals surface area contributed by atoms with Crippen molar-refractivity contribution in [1.29, 1.82) is 0 Å². The van der Waals surface area contributed by atoms with Gasteiger partial charge < -0.3 is 5.32 Å². The molecule has 0 radical (unpaired) electrons. The first-order valence-corrected chi connectivity index (χ1v) is 9.59. The molecule has 0 aliphatic carbocycles. The van der Waals surface area contributed by atoms with Crippen LogP contribution in [-0.4, -0.2) is 15.0 Å². The predicted octanol–water partition coefficient (Wildman–Crippen LogP) is 6.27. The molecular weight excluding hydrogens is 364 g/mol. The van der Waals surface area contributed by atoms with Crippen molar-refractivity contribution >= 4 is 44.8 Å². The smallest absolute Gasteiger partial charge is 0.144 e. The van der Waals surface area contributed by atoms with Gasteiger partial charge in [-0.2, -0.15) is 0 Å². The zero-order chi connectivity index (χ0) is 18.1. The van der Waals surface area contributed by atoms with E-state index in [4.69, 9.17) is 11.6 Å². The van der Waals surface area contributed by atoms with Crippen molar-refractivity contribution in [2.24, 2.45) is 0 Å². The minimum absolute atomic E-state index is 0.440. The molecule has 0 atom stereocenters. The fraction of sp³-hybridized carbons (Fsp3) is 0.150. The van der Waals surface area contributed by atoms with Gasteiger partial charge in [-0.25, -0.2) is 15.0 Å². The van der Waals surface area contributed by atoms with Crippen molar-refractivity contribution in [3.63, 3.8) is 0 Å². The molecule has 130 valence electrons. The number of aromatic nitrogens is 3. The SMILES string of the molecule is CC(C)c1ccc(-c2csc3ncnc(Nc4cccc(Cl)n4)c23)cc1. The lowest BCUT2D eigenvalue weighted by Crippen LogP contribution is -1.97. The molecule has 0 spiro atoms. The summed E-state index contributed by atoms with van der Waals surface area (Å²) < 4.78 is 0. The van der Waals surface area contributed by atoms with Crippen molar-refractivity contribution in [1.82, 2.24) is 15.0 Å². The summed E-state index contributed by atoms with van der Waals surface area (Å²) >= 11 is 7.60. The minimum Gasteiger partial charge on any atom is -0.324 e. The van der Waals surface area contributed by atoms with E-state index in [0.29, 0.717) is 16.9 Å². The maximum atomic E-state index is 5.99. The normalized spacial score (nSPS) is 11.2. The van der Waals surface area contributed by atoms with Crippen LogP contribution in [-0.2, 0) is 0 Å². The molecule has 0 saturated carbocycles. The number of nitrogens with zero attached hydrogens (tertiary/aromatic N) is 3. The van der Waals surface area contributed by atoms with Crippen molar-refractivity contribution in [3.8, 4) is 11.1 Å². The average Bonchev–Trinajstić information content (AvgIpc) is 3.07. The average molecular weight is 381 g/mol. The van der Waals surface area contributed by atoms with E-state index in [1.165, 1.54) is 5.56 Å².